The van der Waals surface area contributed by atoms with Crippen LogP contribution in [0.1, 0.15) is 22.5 Å². The summed E-state index contributed by atoms with van der Waals surface area (Å²) in [5.74, 6) is 2.60. The van der Waals surface area contributed by atoms with Crippen molar-refractivity contribution >= 4 is 11.8 Å². The lowest BCUT2D eigenvalue weighted by atomic mass is 10.1. The number of benzene rings is 2. The quantitative estimate of drug-likeness (QED) is 0.418. The number of hydrogen-bond acceptors (Lipinski definition) is 4. The van der Waals surface area contributed by atoms with Crippen LogP contribution in [0.3, 0.4) is 0 Å². The fourth-order valence-corrected chi connectivity index (χ4v) is 3.82. The molecule has 0 aliphatic heterocycles. The molecule has 0 bridgehead atoms. The Morgan fingerprint density at radius 2 is 1.78 bits per heavy atom. The number of aromatic nitrogens is 3. The smallest absolute Gasteiger partial charge is 0.192 e. The highest BCUT2D eigenvalue weighted by atomic mass is 32.2. The number of hydrogen-bond donors (Lipinski definition) is 0. The Bertz CT molecular complexity index is 1020. The summed E-state index contributed by atoms with van der Waals surface area (Å²) in [6, 6.07) is 20.8. The Balaban J connectivity index is 1.65. The van der Waals surface area contributed by atoms with Crippen molar-refractivity contribution in [3.05, 3.63) is 89.4 Å². The standard InChI is InChI=1S/C22H21N3OS/c1-16-8-10-18(11-9-16)15-27-22-24-23-21(19-6-3-5-17(2)13-19)25(22)14-20-7-4-12-26-20/h3-13H,14-15H2,1-2H3. The fourth-order valence-electron chi connectivity index (χ4n) is 2.93. The average molecular weight is 375 g/mol. The first-order chi connectivity index (χ1) is 13.2. The summed E-state index contributed by atoms with van der Waals surface area (Å²) in [7, 11) is 0. The van der Waals surface area contributed by atoms with Crippen molar-refractivity contribution in [2.45, 2.75) is 31.3 Å². The second-order valence-corrected chi connectivity index (χ2v) is 7.56. The summed E-state index contributed by atoms with van der Waals surface area (Å²) >= 11 is 1.70. The Morgan fingerprint density at radius 3 is 2.52 bits per heavy atom. The van der Waals surface area contributed by atoms with Crippen LogP contribution in [-0.2, 0) is 12.3 Å². The van der Waals surface area contributed by atoms with Gasteiger partial charge in [0.05, 0.1) is 12.8 Å². The minimum Gasteiger partial charge on any atom is -0.467 e. The molecule has 4 nitrogen and oxygen atoms in total. The van der Waals surface area contributed by atoms with Gasteiger partial charge in [0.25, 0.3) is 0 Å². The Labute approximate surface area is 163 Å². The molecule has 136 valence electrons. The maximum Gasteiger partial charge on any atom is 0.192 e. The number of furan rings is 1. The monoisotopic (exact) mass is 375 g/mol. The van der Waals surface area contributed by atoms with Gasteiger partial charge in [-0.25, -0.2) is 0 Å². The van der Waals surface area contributed by atoms with Crippen LogP contribution in [0.5, 0.6) is 0 Å². The van der Waals surface area contributed by atoms with E-state index in [4.69, 9.17) is 4.42 Å². The van der Waals surface area contributed by atoms with E-state index in [1.165, 1.54) is 16.7 Å². The number of rotatable bonds is 6. The molecular weight excluding hydrogens is 354 g/mol. The van der Waals surface area contributed by atoms with Crippen molar-refractivity contribution in [1.82, 2.24) is 14.8 Å². The van der Waals surface area contributed by atoms with Crippen LogP contribution >= 0.6 is 11.8 Å². The molecule has 27 heavy (non-hydrogen) atoms. The molecule has 0 spiro atoms. The zero-order chi connectivity index (χ0) is 18.6. The summed E-state index contributed by atoms with van der Waals surface area (Å²) in [6.45, 7) is 4.80. The minimum absolute atomic E-state index is 0.611. The van der Waals surface area contributed by atoms with Gasteiger partial charge in [0.15, 0.2) is 11.0 Å². The lowest BCUT2D eigenvalue weighted by Crippen LogP contribution is -2.03. The first kappa shape index (κ1) is 17.6. The van der Waals surface area contributed by atoms with Crippen LogP contribution in [0.4, 0.5) is 0 Å². The molecular formula is C22H21N3OS. The van der Waals surface area contributed by atoms with Crippen molar-refractivity contribution in [2.75, 3.05) is 0 Å². The third-order valence-electron chi connectivity index (χ3n) is 4.38. The van der Waals surface area contributed by atoms with E-state index in [1.54, 1.807) is 18.0 Å². The first-order valence-electron chi connectivity index (χ1n) is 8.90. The van der Waals surface area contributed by atoms with Crippen molar-refractivity contribution in [1.29, 1.82) is 0 Å². The van der Waals surface area contributed by atoms with Crippen LogP contribution in [0.2, 0.25) is 0 Å². The van der Waals surface area contributed by atoms with E-state index in [1.807, 2.05) is 12.1 Å². The van der Waals surface area contributed by atoms with Crippen molar-refractivity contribution < 1.29 is 4.42 Å². The largest absolute Gasteiger partial charge is 0.467 e. The van der Waals surface area contributed by atoms with Gasteiger partial charge in [0.1, 0.15) is 5.76 Å². The average Bonchev–Trinajstić information content (AvgIpc) is 3.32. The summed E-state index contributed by atoms with van der Waals surface area (Å²) in [4.78, 5) is 0. The molecule has 0 N–H and O–H groups in total. The summed E-state index contributed by atoms with van der Waals surface area (Å²) in [6.07, 6.45) is 1.70. The van der Waals surface area contributed by atoms with Crippen LogP contribution in [0, 0.1) is 13.8 Å². The second-order valence-electron chi connectivity index (χ2n) is 6.62. The summed E-state index contributed by atoms with van der Waals surface area (Å²) < 4.78 is 7.70. The summed E-state index contributed by atoms with van der Waals surface area (Å²) in [5.41, 5.74) is 4.81. The topological polar surface area (TPSA) is 43.9 Å². The molecule has 4 rings (SSSR count). The fraction of sp³-hybridized carbons (Fsp3) is 0.182. The maximum absolute atomic E-state index is 5.57. The van der Waals surface area contributed by atoms with Gasteiger partial charge in [0.2, 0.25) is 0 Å². The van der Waals surface area contributed by atoms with Gasteiger partial charge in [-0.2, -0.15) is 0 Å². The highest BCUT2D eigenvalue weighted by Crippen LogP contribution is 2.28. The van der Waals surface area contributed by atoms with E-state index >= 15 is 0 Å². The van der Waals surface area contributed by atoms with E-state index < -0.39 is 0 Å². The van der Waals surface area contributed by atoms with Gasteiger partial charge in [-0.3, -0.25) is 4.57 Å². The van der Waals surface area contributed by atoms with E-state index in [0.29, 0.717) is 6.54 Å². The molecule has 0 radical (unpaired) electrons. The second kappa shape index (κ2) is 7.84. The zero-order valence-corrected chi connectivity index (χ0v) is 16.2. The maximum atomic E-state index is 5.57. The predicted molar refractivity (Wildman–Crippen MR) is 109 cm³/mol. The molecule has 2 aromatic carbocycles. The van der Waals surface area contributed by atoms with Crippen LogP contribution in [0.15, 0.2) is 76.5 Å². The van der Waals surface area contributed by atoms with Crippen molar-refractivity contribution in [3.63, 3.8) is 0 Å². The highest BCUT2D eigenvalue weighted by Gasteiger charge is 2.16. The molecule has 0 saturated carbocycles. The minimum atomic E-state index is 0.611. The van der Waals surface area contributed by atoms with Gasteiger partial charge in [-0.1, -0.05) is 65.4 Å². The van der Waals surface area contributed by atoms with E-state index in [0.717, 1.165) is 28.1 Å². The van der Waals surface area contributed by atoms with Gasteiger partial charge in [-0.05, 0) is 37.6 Å². The zero-order valence-electron chi connectivity index (χ0n) is 15.4. The molecule has 0 fully saturated rings. The van der Waals surface area contributed by atoms with Crippen LogP contribution in [-0.4, -0.2) is 14.8 Å². The van der Waals surface area contributed by atoms with E-state index in [-0.39, 0.29) is 0 Å². The SMILES string of the molecule is Cc1ccc(CSc2nnc(-c3cccc(C)c3)n2Cc2ccco2)cc1. The number of aryl methyl sites for hydroxylation is 2. The van der Waals surface area contributed by atoms with Crippen molar-refractivity contribution in [2.24, 2.45) is 0 Å². The molecule has 5 heteroatoms. The molecule has 4 aromatic rings. The summed E-state index contributed by atoms with van der Waals surface area (Å²) in [5, 5.41) is 9.85. The molecule has 0 atom stereocenters. The Hall–Kier alpha value is -2.79. The molecule has 0 saturated heterocycles. The first-order valence-corrected chi connectivity index (χ1v) is 9.88. The lowest BCUT2D eigenvalue weighted by molar-refractivity contribution is 0.485. The normalized spacial score (nSPS) is 11.0. The number of nitrogens with zero attached hydrogens (tertiary/aromatic N) is 3. The lowest BCUT2D eigenvalue weighted by Gasteiger charge is -2.09. The van der Waals surface area contributed by atoms with Crippen LogP contribution in [0.25, 0.3) is 11.4 Å². The number of thioether (sulfide) groups is 1. The highest BCUT2D eigenvalue weighted by molar-refractivity contribution is 7.98. The van der Waals surface area contributed by atoms with E-state index in [2.05, 4.69) is 77.1 Å². The van der Waals surface area contributed by atoms with Gasteiger partial charge in [0, 0.05) is 11.3 Å². The van der Waals surface area contributed by atoms with Gasteiger partial charge in [-0.15, -0.1) is 10.2 Å². The van der Waals surface area contributed by atoms with Crippen LogP contribution < -0.4 is 0 Å². The molecule has 0 amide bonds. The van der Waals surface area contributed by atoms with E-state index in [9.17, 15) is 0 Å². The third kappa shape index (κ3) is 4.14. The molecule has 0 aliphatic rings. The Morgan fingerprint density at radius 1 is 0.926 bits per heavy atom. The molecule has 2 heterocycles. The molecule has 2 aromatic heterocycles. The molecule has 0 aliphatic carbocycles. The predicted octanol–water partition coefficient (Wildman–Crippen LogP) is 5.50. The third-order valence-corrected chi connectivity index (χ3v) is 5.41. The van der Waals surface area contributed by atoms with Crippen molar-refractivity contribution in [3.8, 4) is 11.4 Å². The molecule has 0 unspecified atom stereocenters. The van der Waals surface area contributed by atoms with Gasteiger partial charge >= 0.3 is 0 Å². The Kier molecular flexibility index (Phi) is 5.12. The van der Waals surface area contributed by atoms with Gasteiger partial charge < -0.3 is 4.42 Å².